The van der Waals surface area contributed by atoms with Crippen LogP contribution in [0.3, 0.4) is 0 Å². The summed E-state index contributed by atoms with van der Waals surface area (Å²) in [4.78, 5) is 34.1. The number of alkyl carbamates (subject to hydrolysis) is 1. The van der Waals surface area contributed by atoms with Crippen LogP contribution >= 0.6 is 0 Å². The summed E-state index contributed by atoms with van der Waals surface area (Å²) in [7, 11) is -3.96. The predicted molar refractivity (Wildman–Crippen MR) is 193 cm³/mol. The number of carbonyl (C=O) groups excluding carboxylic acids is 2. The smallest absolute Gasteiger partial charge is 0.407 e. The minimum Gasteiger partial charge on any atom is -0.444 e. The Bertz CT molecular complexity index is 2050. The number of carbonyl (C=O) groups is 2. The van der Waals surface area contributed by atoms with Crippen LogP contribution in [0.25, 0.3) is 22.3 Å². The average Bonchev–Trinajstić information content (AvgIpc) is 3.72. The van der Waals surface area contributed by atoms with Crippen molar-refractivity contribution >= 4 is 44.7 Å². The lowest BCUT2D eigenvalue weighted by Crippen LogP contribution is -2.33. The molecular weight excluding hydrogens is 657 g/mol. The molecule has 0 radical (unpaired) electrons. The molecule has 264 valence electrons. The van der Waals surface area contributed by atoms with Gasteiger partial charge in [0, 0.05) is 54.2 Å². The summed E-state index contributed by atoms with van der Waals surface area (Å²) >= 11 is 0. The number of rotatable bonds is 14. The Balaban J connectivity index is 1.28. The highest BCUT2D eigenvalue weighted by Gasteiger charge is 2.23. The number of aryl methyl sites for hydroxylation is 2. The van der Waals surface area contributed by atoms with Gasteiger partial charge in [-0.15, -0.1) is 0 Å². The summed E-state index contributed by atoms with van der Waals surface area (Å²) in [5.41, 5.74) is 3.00. The fourth-order valence-electron chi connectivity index (χ4n) is 5.19. The molecule has 0 unspecified atom stereocenters. The van der Waals surface area contributed by atoms with E-state index in [0.29, 0.717) is 35.4 Å². The average molecular weight is 701 g/mol. The maximum Gasteiger partial charge on any atom is 0.407 e. The maximum absolute atomic E-state index is 13.7. The topological polar surface area (TPSA) is 162 Å². The highest BCUT2D eigenvalue weighted by Crippen LogP contribution is 2.31. The number of hydrogen-bond donors (Lipinski definition) is 3. The van der Waals surface area contributed by atoms with Gasteiger partial charge in [0.05, 0.1) is 16.8 Å². The molecule has 50 heavy (non-hydrogen) atoms. The van der Waals surface area contributed by atoms with E-state index in [2.05, 4.69) is 33.0 Å². The zero-order chi connectivity index (χ0) is 35.9. The number of anilines is 2. The second-order valence-electron chi connectivity index (χ2n) is 13.0. The van der Waals surface area contributed by atoms with E-state index < -0.39 is 21.7 Å². The number of ether oxygens (including phenoxy) is 1. The Morgan fingerprint density at radius 3 is 2.28 bits per heavy atom. The number of fused-ring (bicyclic) bond motifs is 1. The Hall–Kier alpha value is -5.24. The van der Waals surface area contributed by atoms with Gasteiger partial charge in [-0.25, -0.2) is 22.2 Å². The molecule has 5 rings (SSSR count). The predicted octanol–water partition coefficient (Wildman–Crippen LogP) is 6.42. The first-order chi connectivity index (χ1) is 23.8. The van der Waals surface area contributed by atoms with Crippen LogP contribution in [0.4, 0.5) is 16.4 Å². The van der Waals surface area contributed by atoms with E-state index in [9.17, 15) is 18.0 Å². The molecule has 2 amide bonds. The lowest BCUT2D eigenvalue weighted by atomic mass is 10.2. The SMILES string of the molecule is CCCn1cc(-c2nc(Nc3ccc(C(=O)NCCCCCNC(=O)OC(C)(C)C)cc3)nc3c2ccn3S(=O)(=O)c2ccc(C)cc2)cn1. The van der Waals surface area contributed by atoms with E-state index >= 15 is 0 Å². The van der Waals surface area contributed by atoms with E-state index in [0.717, 1.165) is 43.4 Å². The van der Waals surface area contributed by atoms with Gasteiger partial charge in [-0.2, -0.15) is 10.1 Å². The standard InChI is InChI=1S/C36H44N8O5S/c1-6-21-43-24-27(23-39-43)31-30-18-22-44(50(47,48)29-16-10-25(2)11-17-29)32(30)42-34(41-31)40-28-14-12-26(13-15-28)33(45)37-19-8-7-9-20-38-35(46)49-36(3,4)5/h10-18,22-24H,6-9,19-21H2,1-5H3,(H,37,45)(H,38,46)(H,40,41,42). The third kappa shape index (κ3) is 9.05. The molecule has 14 heteroatoms. The molecule has 0 spiro atoms. The molecule has 5 aromatic rings. The number of hydrogen-bond acceptors (Lipinski definition) is 9. The van der Waals surface area contributed by atoms with Crippen molar-refractivity contribution in [1.29, 1.82) is 0 Å². The molecule has 3 N–H and O–H groups in total. The third-order valence-electron chi connectivity index (χ3n) is 7.66. The highest BCUT2D eigenvalue weighted by atomic mass is 32.2. The third-order valence-corrected chi connectivity index (χ3v) is 9.34. The number of unbranched alkanes of at least 4 members (excludes halogenated alkanes) is 2. The minimum atomic E-state index is -3.96. The number of benzene rings is 2. The molecule has 0 atom stereocenters. The van der Waals surface area contributed by atoms with Crippen LogP contribution in [0.1, 0.15) is 69.3 Å². The fraction of sp³-hybridized carbons (Fsp3) is 0.361. The zero-order valence-electron chi connectivity index (χ0n) is 29.1. The van der Waals surface area contributed by atoms with Gasteiger partial charge in [-0.05, 0) is 95.8 Å². The zero-order valence-corrected chi connectivity index (χ0v) is 29.9. The van der Waals surface area contributed by atoms with Gasteiger partial charge in [0.1, 0.15) is 5.60 Å². The highest BCUT2D eigenvalue weighted by molar-refractivity contribution is 7.90. The van der Waals surface area contributed by atoms with Gasteiger partial charge in [-0.3, -0.25) is 9.48 Å². The first kappa shape index (κ1) is 36.1. The summed E-state index contributed by atoms with van der Waals surface area (Å²) in [6.45, 7) is 11.2. The van der Waals surface area contributed by atoms with Crippen molar-refractivity contribution in [2.75, 3.05) is 18.4 Å². The Labute approximate surface area is 292 Å². The molecule has 0 fully saturated rings. The first-order valence-corrected chi connectivity index (χ1v) is 18.1. The molecule has 0 aliphatic heterocycles. The summed E-state index contributed by atoms with van der Waals surface area (Å²) < 4.78 is 35.7. The lowest BCUT2D eigenvalue weighted by Gasteiger charge is -2.19. The summed E-state index contributed by atoms with van der Waals surface area (Å²) in [5, 5.41) is 13.9. The lowest BCUT2D eigenvalue weighted by molar-refractivity contribution is 0.0527. The van der Waals surface area contributed by atoms with E-state index in [1.165, 1.54) is 10.2 Å². The van der Waals surface area contributed by atoms with Gasteiger partial charge in [0.15, 0.2) is 5.65 Å². The van der Waals surface area contributed by atoms with E-state index in [4.69, 9.17) is 9.72 Å². The largest absolute Gasteiger partial charge is 0.444 e. The molecule has 3 heterocycles. The van der Waals surface area contributed by atoms with Crippen molar-refractivity contribution in [3.05, 3.63) is 84.3 Å². The first-order valence-electron chi connectivity index (χ1n) is 16.7. The Morgan fingerprint density at radius 1 is 0.900 bits per heavy atom. The molecule has 2 aromatic carbocycles. The van der Waals surface area contributed by atoms with Crippen LogP contribution in [0, 0.1) is 6.92 Å². The van der Waals surface area contributed by atoms with Crippen LogP contribution in [0.15, 0.2) is 78.1 Å². The quantitative estimate of drug-likeness (QED) is 0.111. The summed E-state index contributed by atoms with van der Waals surface area (Å²) in [6.07, 6.45) is 7.93. The molecule has 0 saturated carbocycles. The van der Waals surface area contributed by atoms with E-state index in [1.54, 1.807) is 60.8 Å². The molecule has 3 aromatic heterocycles. The molecule has 0 aliphatic carbocycles. The van der Waals surface area contributed by atoms with Gasteiger partial charge < -0.3 is 20.7 Å². The minimum absolute atomic E-state index is 0.148. The monoisotopic (exact) mass is 700 g/mol. The summed E-state index contributed by atoms with van der Waals surface area (Å²) in [6, 6.07) is 15.2. The second kappa shape index (κ2) is 15.5. The van der Waals surface area contributed by atoms with Crippen LogP contribution in [0.5, 0.6) is 0 Å². The normalized spacial score (nSPS) is 11.8. The van der Waals surface area contributed by atoms with Crippen LogP contribution in [0.2, 0.25) is 0 Å². The van der Waals surface area contributed by atoms with Crippen molar-refractivity contribution in [3.8, 4) is 11.3 Å². The second-order valence-corrected chi connectivity index (χ2v) is 14.8. The van der Waals surface area contributed by atoms with E-state index in [-0.39, 0.29) is 22.4 Å². The molecule has 0 aliphatic rings. The van der Waals surface area contributed by atoms with Gasteiger partial charge >= 0.3 is 6.09 Å². The van der Waals surface area contributed by atoms with Crippen LogP contribution in [-0.2, 0) is 21.3 Å². The number of nitrogens with one attached hydrogen (secondary N) is 3. The van der Waals surface area contributed by atoms with Gasteiger partial charge in [0.25, 0.3) is 15.9 Å². The molecule has 0 saturated heterocycles. The van der Waals surface area contributed by atoms with Gasteiger partial charge in [-0.1, -0.05) is 24.6 Å². The molecule has 0 bridgehead atoms. The van der Waals surface area contributed by atoms with E-state index in [1.807, 2.05) is 38.6 Å². The summed E-state index contributed by atoms with van der Waals surface area (Å²) in [5.74, 6) is -0.0141. The van der Waals surface area contributed by atoms with Gasteiger partial charge in [0.2, 0.25) is 5.95 Å². The van der Waals surface area contributed by atoms with Crippen molar-refractivity contribution in [2.24, 2.45) is 0 Å². The Kier molecular flexibility index (Phi) is 11.2. The fourth-order valence-corrected chi connectivity index (χ4v) is 6.49. The Morgan fingerprint density at radius 2 is 1.60 bits per heavy atom. The van der Waals surface area contributed by atoms with Crippen molar-refractivity contribution in [2.45, 2.75) is 77.3 Å². The van der Waals surface area contributed by atoms with Crippen LogP contribution in [-0.4, -0.2) is 62.8 Å². The molecule has 13 nitrogen and oxygen atoms in total. The van der Waals surface area contributed by atoms with Crippen LogP contribution < -0.4 is 16.0 Å². The maximum atomic E-state index is 13.7. The number of nitrogens with zero attached hydrogens (tertiary/aromatic N) is 5. The number of aromatic nitrogens is 5. The van der Waals surface area contributed by atoms with Crippen molar-refractivity contribution in [3.63, 3.8) is 0 Å². The van der Waals surface area contributed by atoms with Crippen molar-refractivity contribution in [1.82, 2.24) is 34.4 Å². The number of amides is 2. The molecular formula is C36H44N8O5S. The van der Waals surface area contributed by atoms with Crippen molar-refractivity contribution < 1.29 is 22.7 Å².